The maximum absolute atomic E-state index is 11.9. The molecule has 1 N–H and O–H groups in total. The van der Waals surface area contributed by atoms with Crippen LogP contribution in [0.3, 0.4) is 0 Å². The van der Waals surface area contributed by atoms with Crippen molar-refractivity contribution in [3.05, 3.63) is 29.0 Å². The van der Waals surface area contributed by atoms with Gasteiger partial charge < -0.3 is 10.2 Å². The first kappa shape index (κ1) is 13.2. The predicted octanol–water partition coefficient (Wildman–Crippen LogP) is 2.56. The number of nitrogens with one attached hydrogen (secondary N) is 1. The number of hydrogen-bond donors (Lipinski definition) is 1. The predicted molar refractivity (Wildman–Crippen MR) is 80.4 cm³/mol. The lowest BCUT2D eigenvalue weighted by atomic mass is 9.84. The number of nitrogens with zero attached hydrogens (tertiary/aromatic N) is 1. The van der Waals surface area contributed by atoms with Gasteiger partial charge in [0.1, 0.15) is 0 Å². The SMILES string of the molecule is O=C(C=CSc1cccs1)N[C@H]1CN2CCC1CC2. The molecule has 3 nitrogen and oxygen atoms in total. The first-order valence-electron chi connectivity index (χ1n) is 6.71. The number of thiophene rings is 1. The molecule has 102 valence electrons. The van der Waals surface area contributed by atoms with E-state index in [1.807, 2.05) is 16.9 Å². The highest BCUT2D eigenvalue weighted by Gasteiger charge is 2.34. The van der Waals surface area contributed by atoms with Crippen molar-refractivity contribution in [2.45, 2.75) is 23.1 Å². The second kappa shape index (κ2) is 6.11. The molecule has 0 aliphatic carbocycles. The van der Waals surface area contributed by atoms with Crippen molar-refractivity contribution in [3.8, 4) is 0 Å². The van der Waals surface area contributed by atoms with Gasteiger partial charge in [0.25, 0.3) is 0 Å². The van der Waals surface area contributed by atoms with Crippen molar-refractivity contribution in [3.63, 3.8) is 0 Å². The Bertz CT molecular complexity index is 450. The number of amides is 1. The summed E-state index contributed by atoms with van der Waals surface area (Å²) in [5, 5.41) is 7.08. The number of piperidine rings is 3. The van der Waals surface area contributed by atoms with Gasteiger partial charge in [0.15, 0.2) is 0 Å². The Hall–Kier alpha value is -0.780. The number of fused-ring (bicyclic) bond motifs is 3. The molecule has 1 aromatic rings. The van der Waals surface area contributed by atoms with Crippen LogP contribution in [-0.2, 0) is 4.79 Å². The summed E-state index contributed by atoms with van der Waals surface area (Å²) in [6.45, 7) is 3.45. The Kier molecular flexibility index (Phi) is 4.25. The van der Waals surface area contributed by atoms with Gasteiger partial charge in [-0.2, -0.15) is 0 Å². The fraction of sp³-hybridized carbons (Fsp3) is 0.500. The van der Waals surface area contributed by atoms with E-state index in [1.165, 1.54) is 30.1 Å². The molecule has 3 fully saturated rings. The molecule has 0 unspecified atom stereocenters. The molecule has 3 aliphatic heterocycles. The summed E-state index contributed by atoms with van der Waals surface area (Å²) < 4.78 is 1.21. The average Bonchev–Trinajstić information content (AvgIpc) is 2.93. The quantitative estimate of drug-likeness (QED) is 0.684. The Morgan fingerprint density at radius 2 is 2.32 bits per heavy atom. The summed E-state index contributed by atoms with van der Waals surface area (Å²) in [5.74, 6) is 0.732. The molecule has 4 heterocycles. The van der Waals surface area contributed by atoms with E-state index < -0.39 is 0 Å². The van der Waals surface area contributed by atoms with Crippen LogP contribution in [0.15, 0.2) is 33.2 Å². The van der Waals surface area contributed by atoms with Crippen LogP contribution >= 0.6 is 23.1 Å². The van der Waals surface area contributed by atoms with E-state index in [2.05, 4.69) is 16.3 Å². The number of thioether (sulfide) groups is 1. The Labute approximate surface area is 122 Å². The standard InChI is InChI=1S/C14H18N2OS2/c17-13(5-9-19-14-2-1-8-18-14)15-12-10-16-6-3-11(12)4-7-16/h1-2,5,8-9,11-12H,3-4,6-7,10H2,(H,15,17)/t12-/m0/s1. The second-order valence-corrected chi connectivity index (χ2v) is 7.26. The van der Waals surface area contributed by atoms with E-state index in [0.717, 1.165) is 6.54 Å². The van der Waals surface area contributed by atoms with Crippen molar-refractivity contribution >= 4 is 29.0 Å². The van der Waals surface area contributed by atoms with Crippen molar-refractivity contribution in [2.75, 3.05) is 19.6 Å². The van der Waals surface area contributed by atoms with Crippen LogP contribution in [0.2, 0.25) is 0 Å². The fourth-order valence-corrected chi connectivity index (χ4v) is 4.34. The third kappa shape index (κ3) is 3.41. The van der Waals surface area contributed by atoms with E-state index in [9.17, 15) is 4.79 Å². The zero-order valence-corrected chi connectivity index (χ0v) is 12.4. The fourth-order valence-electron chi connectivity index (χ4n) is 2.85. The summed E-state index contributed by atoms with van der Waals surface area (Å²) in [4.78, 5) is 14.3. The van der Waals surface area contributed by atoms with Gasteiger partial charge in [-0.25, -0.2) is 0 Å². The van der Waals surface area contributed by atoms with Gasteiger partial charge in [0, 0.05) is 18.7 Å². The van der Waals surface area contributed by atoms with Gasteiger partial charge in [-0.1, -0.05) is 17.8 Å². The molecule has 1 amide bonds. The topological polar surface area (TPSA) is 32.3 Å². The van der Waals surface area contributed by atoms with E-state index in [1.54, 1.807) is 29.2 Å². The highest BCUT2D eigenvalue weighted by molar-refractivity contribution is 8.03. The minimum absolute atomic E-state index is 0.0443. The van der Waals surface area contributed by atoms with Crippen LogP contribution in [0.25, 0.3) is 0 Å². The molecule has 1 aromatic heterocycles. The lowest BCUT2D eigenvalue weighted by molar-refractivity contribution is -0.118. The van der Waals surface area contributed by atoms with E-state index >= 15 is 0 Å². The van der Waals surface area contributed by atoms with Gasteiger partial charge in [-0.05, 0) is 48.7 Å². The molecule has 0 saturated carbocycles. The molecule has 2 bridgehead atoms. The maximum Gasteiger partial charge on any atom is 0.244 e. The van der Waals surface area contributed by atoms with Crippen molar-refractivity contribution < 1.29 is 4.79 Å². The number of carbonyl (C=O) groups is 1. The molecule has 3 aliphatic rings. The summed E-state index contributed by atoms with van der Waals surface area (Å²) in [7, 11) is 0. The smallest absolute Gasteiger partial charge is 0.244 e. The van der Waals surface area contributed by atoms with Gasteiger partial charge in [0.2, 0.25) is 5.91 Å². The maximum atomic E-state index is 11.9. The van der Waals surface area contributed by atoms with E-state index in [-0.39, 0.29) is 5.91 Å². The highest BCUT2D eigenvalue weighted by Crippen LogP contribution is 2.27. The van der Waals surface area contributed by atoms with Crippen molar-refractivity contribution in [1.82, 2.24) is 10.2 Å². The molecule has 0 radical (unpaired) electrons. The van der Waals surface area contributed by atoms with Crippen LogP contribution in [0, 0.1) is 5.92 Å². The lowest BCUT2D eigenvalue weighted by Gasteiger charge is -2.44. The largest absolute Gasteiger partial charge is 0.348 e. The normalized spacial score (nSPS) is 29.8. The third-order valence-electron chi connectivity index (χ3n) is 3.88. The zero-order chi connectivity index (χ0) is 13.1. The highest BCUT2D eigenvalue weighted by atomic mass is 32.2. The molecular formula is C14H18N2OS2. The Balaban J connectivity index is 1.47. The molecular weight excluding hydrogens is 276 g/mol. The van der Waals surface area contributed by atoms with Crippen LogP contribution < -0.4 is 5.32 Å². The second-order valence-electron chi connectivity index (χ2n) is 5.11. The van der Waals surface area contributed by atoms with Gasteiger partial charge in [0.05, 0.1) is 4.21 Å². The molecule has 3 saturated heterocycles. The zero-order valence-electron chi connectivity index (χ0n) is 10.7. The molecule has 0 aromatic carbocycles. The summed E-state index contributed by atoms with van der Waals surface area (Å²) in [5.41, 5.74) is 0. The number of rotatable bonds is 4. The van der Waals surface area contributed by atoms with Crippen LogP contribution in [-0.4, -0.2) is 36.5 Å². The third-order valence-corrected chi connectivity index (χ3v) is 5.76. The first-order chi connectivity index (χ1) is 9.31. The molecule has 4 rings (SSSR count). The number of hydrogen-bond acceptors (Lipinski definition) is 4. The van der Waals surface area contributed by atoms with Crippen molar-refractivity contribution in [2.24, 2.45) is 5.92 Å². The van der Waals surface area contributed by atoms with E-state index in [4.69, 9.17) is 0 Å². The Morgan fingerprint density at radius 3 is 2.95 bits per heavy atom. The Morgan fingerprint density at radius 1 is 1.47 bits per heavy atom. The van der Waals surface area contributed by atoms with Crippen LogP contribution in [0.5, 0.6) is 0 Å². The molecule has 1 atom stereocenters. The summed E-state index contributed by atoms with van der Waals surface area (Å²) in [6.07, 6.45) is 4.12. The summed E-state index contributed by atoms with van der Waals surface area (Å²) >= 11 is 3.29. The minimum atomic E-state index is 0.0443. The van der Waals surface area contributed by atoms with Gasteiger partial charge >= 0.3 is 0 Å². The minimum Gasteiger partial charge on any atom is -0.348 e. The van der Waals surface area contributed by atoms with Gasteiger partial charge in [-0.3, -0.25) is 4.79 Å². The van der Waals surface area contributed by atoms with Gasteiger partial charge in [-0.15, -0.1) is 11.3 Å². The molecule has 0 spiro atoms. The monoisotopic (exact) mass is 294 g/mol. The van der Waals surface area contributed by atoms with Crippen LogP contribution in [0.4, 0.5) is 0 Å². The van der Waals surface area contributed by atoms with Crippen molar-refractivity contribution in [1.29, 1.82) is 0 Å². The summed E-state index contributed by atoms with van der Waals surface area (Å²) in [6, 6.07) is 4.44. The first-order valence-corrected chi connectivity index (χ1v) is 8.47. The lowest BCUT2D eigenvalue weighted by Crippen LogP contribution is -2.57. The molecule has 19 heavy (non-hydrogen) atoms. The number of carbonyl (C=O) groups excluding carboxylic acids is 1. The molecule has 5 heteroatoms. The van der Waals surface area contributed by atoms with Crippen LogP contribution in [0.1, 0.15) is 12.8 Å². The average molecular weight is 294 g/mol. The van der Waals surface area contributed by atoms with E-state index in [0.29, 0.717) is 12.0 Å².